The van der Waals surface area contributed by atoms with Gasteiger partial charge in [-0.3, -0.25) is 6.08 Å². The SMILES string of the molecule is CC(C)(C)[Si][c-]1ccc2ccccc21.Cl.Cl.[C-]1=CC=CC1.[Zr+2]. The Balaban J connectivity index is 0. The summed E-state index contributed by atoms with van der Waals surface area (Å²) in [6.45, 7) is 6.90. The van der Waals surface area contributed by atoms with Crippen molar-refractivity contribution in [3.8, 4) is 0 Å². The number of fused-ring (bicyclic) bond motifs is 1. The van der Waals surface area contributed by atoms with Gasteiger partial charge in [0, 0.05) is 9.52 Å². The van der Waals surface area contributed by atoms with Gasteiger partial charge >= 0.3 is 26.2 Å². The van der Waals surface area contributed by atoms with Crippen LogP contribution in [0.5, 0.6) is 0 Å². The monoisotopic (exact) mass is 426 g/mol. The predicted molar refractivity (Wildman–Crippen MR) is 101 cm³/mol. The van der Waals surface area contributed by atoms with E-state index in [1.807, 2.05) is 12.2 Å². The largest absolute Gasteiger partial charge is 2.00 e. The fraction of sp³-hybridized carbons (Fsp3) is 0.278. The number of hydrogen-bond donors (Lipinski definition) is 0. The first-order chi connectivity index (χ1) is 9.06. The Kier molecular flexibility index (Phi) is 12.7. The molecule has 0 bridgehead atoms. The first-order valence-electron chi connectivity index (χ1n) is 6.71. The Bertz CT molecular complexity index is 584. The van der Waals surface area contributed by atoms with Crippen LogP contribution in [0.1, 0.15) is 27.2 Å². The standard InChI is InChI=1S/C13H15Si.C5H5.2ClH.Zr/c1-13(2,3)14-12-9-8-10-6-4-5-7-11(10)12;1-2-4-5-3-1;;;/h4-9H,1-3H3;1-3H,4H2;2*1H;/q2*-1;;;+2. The average molecular weight is 429 g/mol. The molecule has 0 amide bonds. The molecule has 0 N–H and O–H groups in total. The summed E-state index contributed by atoms with van der Waals surface area (Å²) >= 11 is 0. The van der Waals surface area contributed by atoms with Crippen LogP contribution in [0.25, 0.3) is 10.8 Å². The van der Waals surface area contributed by atoms with Gasteiger partial charge in [-0.2, -0.15) is 18.2 Å². The molecule has 4 heteroatoms. The summed E-state index contributed by atoms with van der Waals surface area (Å²) in [5.41, 5.74) is 0. The van der Waals surface area contributed by atoms with Crippen LogP contribution in [0.2, 0.25) is 5.04 Å². The van der Waals surface area contributed by atoms with Crippen LogP contribution in [-0.2, 0) is 26.2 Å². The second-order valence-corrected chi connectivity index (χ2v) is 8.00. The third-order valence-corrected chi connectivity index (χ3v) is 4.23. The summed E-state index contributed by atoms with van der Waals surface area (Å²) in [6, 6.07) is 13.1. The zero-order chi connectivity index (χ0) is 13.7. The summed E-state index contributed by atoms with van der Waals surface area (Å²) in [5.74, 6) is 0. The summed E-state index contributed by atoms with van der Waals surface area (Å²) in [7, 11) is 0.892. The fourth-order valence-electron chi connectivity index (χ4n) is 2.00. The van der Waals surface area contributed by atoms with E-state index in [-0.39, 0.29) is 51.0 Å². The van der Waals surface area contributed by atoms with E-state index in [1.165, 1.54) is 16.0 Å². The first kappa shape index (κ1) is 24.2. The van der Waals surface area contributed by atoms with Gasteiger partial charge in [0.2, 0.25) is 0 Å². The van der Waals surface area contributed by atoms with E-state index < -0.39 is 0 Å². The van der Waals surface area contributed by atoms with E-state index in [0.717, 1.165) is 15.9 Å². The van der Waals surface area contributed by atoms with Crippen molar-refractivity contribution in [3.05, 3.63) is 60.7 Å². The molecule has 0 spiro atoms. The molecular formula is C18H22Cl2SiZr. The second kappa shape index (κ2) is 11.5. The quantitative estimate of drug-likeness (QED) is 0.430. The number of hydrogen-bond acceptors (Lipinski definition) is 0. The van der Waals surface area contributed by atoms with E-state index in [2.05, 4.69) is 69.3 Å². The van der Waals surface area contributed by atoms with E-state index in [1.54, 1.807) is 0 Å². The maximum Gasteiger partial charge on any atom is 2.00 e. The van der Waals surface area contributed by atoms with Crippen LogP contribution in [0.15, 0.2) is 54.6 Å². The first-order valence-corrected chi connectivity index (χ1v) is 7.71. The minimum absolute atomic E-state index is 0. The molecule has 116 valence electrons. The van der Waals surface area contributed by atoms with Crippen molar-refractivity contribution in [1.82, 2.24) is 0 Å². The van der Waals surface area contributed by atoms with Crippen molar-refractivity contribution in [2.24, 2.45) is 0 Å². The minimum atomic E-state index is 0. The summed E-state index contributed by atoms with van der Waals surface area (Å²) in [6.07, 6.45) is 10.0. The van der Waals surface area contributed by atoms with Gasteiger partial charge in [0.15, 0.2) is 0 Å². The molecule has 0 atom stereocenters. The zero-order valence-electron chi connectivity index (χ0n) is 13.2. The fourth-order valence-corrected chi connectivity index (χ4v) is 3.34. The molecule has 22 heavy (non-hydrogen) atoms. The van der Waals surface area contributed by atoms with E-state index in [4.69, 9.17) is 0 Å². The Morgan fingerprint density at radius 1 is 1.09 bits per heavy atom. The Morgan fingerprint density at radius 3 is 2.27 bits per heavy atom. The van der Waals surface area contributed by atoms with Gasteiger partial charge in [0.05, 0.1) is 0 Å². The minimum Gasteiger partial charge on any atom is -0.273 e. The number of halogens is 2. The topological polar surface area (TPSA) is 0 Å². The van der Waals surface area contributed by atoms with E-state index >= 15 is 0 Å². The maximum atomic E-state index is 2.99. The molecule has 0 aromatic heterocycles. The van der Waals surface area contributed by atoms with Crippen molar-refractivity contribution in [1.29, 1.82) is 0 Å². The molecule has 0 nitrogen and oxygen atoms in total. The van der Waals surface area contributed by atoms with Crippen LogP contribution in [0.3, 0.4) is 0 Å². The third kappa shape index (κ3) is 8.02. The molecule has 3 rings (SSSR count). The normalized spacial score (nSPS) is 11.8. The van der Waals surface area contributed by atoms with Crippen molar-refractivity contribution >= 4 is 50.3 Å². The van der Waals surface area contributed by atoms with Crippen molar-refractivity contribution in [3.63, 3.8) is 0 Å². The van der Waals surface area contributed by atoms with Crippen LogP contribution >= 0.6 is 24.8 Å². The van der Waals surface area contributed by atoms with E-state index in [0.29, 0.717) is 5.04 Å². The van der Waals surface area contributed by atoms with Gasteiger partial charge in [0.25, 0.3) is 0 Å². The second-order valence-electron chi connectivity index (χ2n) is 5.71. The average Bonchev–Trinajstić information content (AvgIpc) is 3.01. The number of rotatable bonds is 1. The molecule has 0 saturated heterocycles. The van der Waals surface area contributed by atoms with Crippen LogP contribution in [-0.4, -0.2) is 9.52 Å². The molecule has 2 radical (unpaired) electrons. The van der Waals surface area contributed by atoms with E-state index in [9.17, 15) is 0 Å². The van der Waals surface area contributed by atoms with Gasteiger partial charge in [-0.05, 0) is 0 Å². The van der Waals surface area contributed by atoms with Crippen molar-refractivity contribution in [2.45, 2.75) is 32.2 Å². The molecule has 0 heterocycles. The Labute approximate surface area is 168 Å². The van der Waals surface area contributed by atoms with Gasteiger partial charge in [0.1, 0.15) is 0 Å². The van der Waals surface area contributed by atoms with Crippen LogP contribution < -0.4 is 5.19 Å². The predicted octanol–water partition coefficient (Wildman–Crippen LogP) is 5.25. The van der Waals surface area contributed by atoms with Crippen LogP contribution in [0.4, 0.5) is 0 Å². The van der Waals surface area contributed by atoms with Gasteiger partial charge in [-0.25, -0.2) is 12.2 Å². The molecular weight excluding hydrogens is 406 g/mol. The summed E-state index contributed by atoms with van der Waals surface area (Å²) < 4.78 is 0. The zero-order valence-corrected chi connectivity index (χ0v) is 18.3. The van der Waals surface area contributed by atoms with Crippen molar-refractivity contribution in [2.75, 3.05) is 0 Å². The van der Waals surface area contributed by atoms with Gasteiger partial charge in [-0.1, -0.05) is 31.9 Å². The molecule has 1 aliphatic rings. The van der Waals surface area contributed by atoms with Crippen LogP contribution in [0, 0.1) is 6.08 Å². The smallest absolute Gasteiger partial charge is 0.273 e. The number of allylic oxidation sites excluding steroid dienone is 4. The maximum absolute atomic E-state index is 2.99. The molecule has 0 fully saturated rings. The molecule has 2 aromatic carbocycles. The third-order valence-electron chi connectivity index (χ3n) is 2.78. The summed E-state index contributed by atoms with van der Waals surface area (Å²) in [5, 5.41) is 4.71. The molecule has 0 aliphatic heterocycles. The Morgan fingerprint density at radius 2 is 1.77 bits per heavy atom. The molecule has 0 unspecified atom stereocenters. The van der Waals surface area contributed by atoms with Gasteiger partial charge < -0.3 is 0 Å². The Hall–Kier alpha value is -0.0100. The molecule has 2 aromatic rings. The number of benzene rings is 1. The van der Waals surface area contributed by atoms with Gasteiger partial charge in [-0.15, -0.1) is 65.4 Å². The molecule has 0 saturated carbocycles. The summed E-state index contributed by atoms with van der Waals surface area (Å²) in [4.78, 5) is 0. The van der Waals surface area contributed by atoms with Crippen molar-refractivity contribution < 1.29 is 26.2 Å². The molecule has 1 aliphatic carbocycles.